The van der Waals surface area contributed by atoms with Gasteiger partial charge in [0, 0.05) is 19.1 Å². The Morgan fingerprint density at radius 2 is 2.00 bits per heavy atom. The summed E-state index contributed by atoms with van der Waals surface area (Å²) in [4.78, 5) is 2.39. The molecule has 0 amide bonds. The van der Waals surface area contributed by atoms with Gasteiger partial charge in [-0.25, -0.2) is 8.42 Å². The molecule has 0 spiro atoms. The van der Waals surface area contributed by atoms with Crippen molar-refractivity contribution in [1.29, 1.82) is 0 Å². The van der Waals surface area contributed by atoms with Crippen molar-refractivity contribution in [3.05, 3.63) is 28.8 Å². The Morgan fingerprint density at radius 3 is 2.52 bits per heavy atom. The van der Waals surface area contributed by atoms with E-state index < -0.39 is 10.0 Å². The first-order valence-electron chi connectivity index (χ1n) is 7.15. The predicted octanol–water partition coefficient (Wildman–Crippen LogP) is 1.12. The van der Waals surface area contributed by atoms with E-state index in [2.05, 4.69) is 4.90 Å². The van der Waals surface area contributed by atoms with Crippen LogP contribution < -0.4 is 0 Å². The molecular formula is C15H24N2O3S. The topological polar surface area (TPSA) is 60.9 Å². The van der Waals surface area contributed by atoms with Gasteiger partial charge in [-0.3, -0.25) is 0 Å². The molecular weight excluding hydrogens is 288 g/mol. The van der Waals surface area contributed by atoms with Crippen LogP contribution >= 0.6 is 0 Å². The van der Waals surface area contributed by atoms with Gasteiger partial charge in [-0.15, -0.1) is 0 Å². The van der Waals surface area contributed by atoms with Gasteiger partial charge in [0.15, 0.2) is 0 Å². The first-order valence-corrected chi connectivity index (χ1v) is 8.59. The molecule has 0 saturated carbocycles. The molecule has 1 aromatic rings. The van der Waals surface area contributed by atoms with Crippen LogP contribution in [0.25, 0.3) is 0 Å². The highest BCUT2D eigenvalue weighted by atomic mass is 32.2. The van der Waals surface area contributed by atoms with E-state index in [-0.39, 0.29) is 12.6 Å². The number of nitrogens with zero attached hydrogens (tertiary/aromatic N) is 2. The van der Waals surface area contributed by atoms with Gasteiger partial charge in [-0.2, -0.15) is 4.31 Å². The largest absolute Gasteiger partial charge is 0.392 e. The first-order chi connectivity index (χ1) is 9.77. The summed E-state index contributed by atoms with van der Waals surface area (Å²) in [5.74, 6) is 0. The Kier molecular flexibility index (Phi) is 4.72. The van der Waals surface area contributed by atoms with Crippen molar-refractivity contribution in [3.63, 3.8) is 0 Å². The van der Waals surface area contributed by atoms with Crippen molar-refractivity contribution < 1.29 is 13.5 Å². The molecule has 6 heteroatoms. The summed E-state index contributed by atoms with van der Waals surface area (Å²) < 4.78 is 27.3. The molecule has 1 heterocycles. The van der Waals surface area contributed by atoms with E-state index in [4.69, 9.17) is 0 Å². The zero-order chi connectivity index (χ0) is 15.8. The van der Waals surface area contributed by atoms with E-state index in [0.29, 0.717) is 23.5 Å². The molecule has 0 bridgehead atoms. The van der Waals surface area contributed by atoms with Crippen LogP contribution in [0.4, 0.5) is 0 Å². The number of aryl methyl sites for hydroxylation is 1. The second kappa shape index (κ2) is 6.04. The summed E-state index contributed by atoms with van der Waals surface area (Å²) in [5.41, 5.74) is 2.30. The lowest BCUT2D eigenvalue weighted by atomic mass is 10.1. The fourth-order valence-corrected chi connectivity index (χ4v) is 4.59. The maximum atomic E-state index is 12.9. The minimum Gasteiger partial charge on any atom is -0.392 e. The Bertz CT molecular complexity index is 626. The molecule has 118 valence electrons. The fourth-order valence-electron chi connectivity index (χ4n) is 2.75. The van der Waals surface area contributed by atoms with E-state index in [9.17, 15) is 13.5 Å². The number of hydrogen-bond acceptors (Lipinski definition) is 4. The molecule has 5 nitrogen and oxygen atoms in total. The van der Waals surface area contributed by atoms with Crippen molar-refractivity contribution in [1.82, 2.24) is 9.21 Å². The molecule has 1 atom stereocenters. The van der Waals surface area contributed by atoms with Crippen LogP contribution in [0.5, 0.6) is 0 Å². The minimum atomic E-state index is -3.50. The van der Waals surface area contributed by atoms with Crippen molar-refractivity contribution in [2.75, 3.05) is 27.2 Å². The molecule has 0 aliphatic carbocycles. The zero-order valence-electron chi connectivity index (χ0n) is 13.1. The molecule has 1 aliphatic heterocycles. The molecule has 1 saturated heterocycles. The summed E-state index contributed by atoms with van der Waals surface area (Å²) >= 11 is 0. The third kappa shape index (κ3) is 3.13. The van der Waals surface area contributed by atoms with Gasteiger partial charge in [0.2, 0.25) is 10.0 Å². The van der Waals surface area contributed by atoms with Gasteiger partial charge in [0.1, 0.15) is 0 Å². The Labute approximate surface area is 127 Å². The molecule has 1 fully saturated rings. The van der Waals surface area contributed by atoms with E-state index in [1.54, 1.807) is 10.4 Å². The molecule has 1 N–H and O–H groups in total. The lowest BCUT2D eigenvalue weighted by Crippen LogP contribution is -2.34. The molecule has 21 heavy (non-hydrogen) atoms. The van der Waals surface area contributed by atoms with E-state index in [1.165, 1.54) is 0 Å². The average molecular weight is 312 g/mol. The van der Waals surface area contributed by atoms with Gasteiger partial charge in [0.25, 0.3) is 0 Å². The number of likely N-dealkylation sites (N-methyl/N-ethyl adjacent to an activating group) is 1. The third-order valence-electron chi connectivity index (χ3n) is 4.34. The summed E-state index contributed by atoms with van der Waals surface area (Å²) in [6.45, 7) is 4.62. The Morgan fingerprint density at radius 1 is 1.33 bits per heavy atom. The Balaban J connectivity index is 2.39. The fraction of sp³-hybridized carbons (Fsp3) is 0.600. The van der Waals surface area contributed by atoms with Crippen LogP contribution in [0.15, 0.2) is 17.0 Å². The molecule has 1 aliphatic rings. The normalized spacial score (nSPS) is 20.4. The number of sulfonamides is 1. The van der Waals surface area contributed by atoms with Crippen LogP contribution in [0.2, 0.25) is 0 Å². The Hall–Kier alpha value is -0.950. The van der Waals surface area contributed by atoms with Gasteiger partial charge in [0.05, 0.1) is 11.5 Å². The zero-order valence-corrected chi connectivity index (χ0v) is 13.9. The van der Waals surface area contributed by atoms with Crippen LogP contribution in [0.1, 0.15) is 23.1 Å². The second-order valence-electron chi connectivity index (χ2n) is 5.96. The van der Waals surface area contributed by atoms with Crippen LogP contribution in [-0.2, 0) is 16.6 Å². The molecule has 1 unspecified atom stereocenters. The standard InChI is InChI=1S/C15H24N2O3S/c1-11-7-13(10-18)8-15(12(11)2)21(19,20)17-6-5-14(9-17)16(3)4/h7-8,14,18H,5-6,9-10H2,1-4H3. The monoisotopic (exact) mass is 312 g/mol. The van der Waals surface area contributed by atoms with Crippen molar-refractivity contribution in [3.8, 4) is 0 Å². The molecule has 0 aromatic heterocycles. The maximum Gasteiger partial charge on any atom is 0.243 e. The predicted molar refractivity (Wildman–Crippen MR) is 82.7 cm³/mol. The summed E-state index contributed by atoms with van der Waals surface area (Å²) in [7, 11) is 0.454. The molecule has 0 radical (unpaired) electrons. The SMILES string of the molecule is Cc1cc(CO)cc(S(=O)(=O)N2CCC(N(C)C)C2)c1C. The highest BCUT2D eigenvalue weighted by Gasteiger charge is 2.34. The number of aliphatic hydroxyl groups is 1. The van der Waals surface area contributed by atoms with Gasteiger partial charge in [-0.05, 0) is 57.1 Å². The van der Waals surface area contributed by atoms with Crippen LogP contribution in [0, 0.1) is 13.8 Å². The maximum absolute atomic E-state index is 12.9. The number of rotatable bonds is 4. The van der Waals surface area contributed by atoms with Crippen LogP contribution in [0.3, 0.4) is 0 Å². The number of aliphatic hydroxyl groups excluding tert-OH is 1. The van der Waals surface area contributed by atoms with Gasteiger partial charge in [-0.1, -0.05) is 6.07 Å². The lowest BCUT2D eigenvalue weighted by molar-refractivity contribution is 0.281. The third-order valence-corrected chi connectivity index (χ3v) is 6.33. The van der Waals surface area contributed by atoms with Crippen molar-refractivity contribution in [2.24, 2.45) is 0 Å². The van der Waals surface area contributed by atoms with E-state index in [0.717, 1.165) is 17.5 Å². The van der Waals surface area contributed by atoms with Crippen molar-refractivity contribution >= 4 is 10.0 Å². The summed E-state index contributed by atoms with van der Waals surface area (Å²) in [6, 6.07) is 3.70. The second-order valence-corrected chi connectivity index (χ2v) is 7.87. The minimum absolute atomic E-state index is 0.149. The van der Waals surface area contributed by atoms with Gasteiger partial charge < -0.3 is 10.0 Å². The molecule has 2 rings (SSSR count). The highest BCUT2D eigenvalue weighted by Crippen LogP contribution is 2.27. The first kappa shape index (κ1) is 16.4. The van der Waals surface area contributed by atoms with Gasteiger partial charge >= 0.3 is 0 Å². The molecule has 1 aromatic carbocycles. The van der Waals surface area contributed by atoms with E-state index >= 15 is 0 Å². The van der Waals surface area contributed by atoms with Crippen molar-refractivity contribution in [2.45, 2.75) is 37.8 Å². The number of hydrogen-bond donors (Lipinski definition) is 1. The summed E-state index contributed by atoms with van der Waals surface area (Å²) in [6.07, 6.45) is 0.851. The highest BCUT2D eigenvalue weighted by molar-refractivity contribution is 7.89. The van der Waals surface area contributed by atoms with Crippen LogP contribution in [-0.4, -0.2) is 56.0 Å². The van der Waals surface area contributed by atoms with E-state index in [1.807, 2.05) is 34.0 Å². The summed E-state index contributed by atoms with van der Waals surface area (Å²) in [5, 5.41) is 9.31. The quantitative estimate of drug-likeness (QED) is 0.905. The smallest absolute Gasteiger partial charge is 0.243 e. The number of benzene rings is 1. The lowest BCUT2D eigenvalue weighted by Gasteiger charge is -2.21. The average Bonchev–Trinajstić information content (AvgIpc) is 2.92.